The van der Waals surface area contributed by atoms with Crippen LogP contribution in [0.3, 0.4) is 0 Å². The third-order valence-corrected chi connectivity index (χ3v) is 3.07. The van der Waals surface area contributed by atoms with Gasteiger partial charge in [0.1, 0.15) is 11.6 Å². The number of nitrogens with two attached hydrogens (primary N) is 1. The van der Waals surface area contributed by atoms with E-state index >= 15 is 0 Å². The van der Waals surface area contributed by atoms with Crippen LogP contribution >= 0.6 is 0 Å². The minimum atomic E-state index is -0.635. The van der Waals surface area contributed by atoms with Crippen LogP contribution in [0.5, 0.6) is 0 Å². The SMILES string of the molecule is Cc1ccc(F)c(C(Cc2cnn(C)c2)NN)c1F. The van der Waals surface area contributed by atoms with Gasteiger partial charge in [0.15, 0.2) is 0 Å². The molecule has 0 aliphatic carbocycles. The van der Waals surface area contributed by atoms with E-state index in [1.54, 1.807) is 31.0 Å². The van der Waals surface area contributed by atoms with E-state index in [1.165, 1.54) is 12.1 Å². The van der Waals surface area contributed by atoms with Gasteiger partial charge < -0.3 is 0 Å². The van der Waals surface area contributed by atoms with Gasteiger partial charge in [-0.15, -0.1) is 0 Å². The van der Waals surface area contributed by atoms with Gasteiger partial charge in [0, 0.05) is 18.8 Å². The predicted octanol–water partition coefficient (Wildman–Crippen LogP) is 1.75. The first-order valence-electron chi connectivity index (χ1n) is 5.91. The largest absolute Gasteiger partial charge is 0.276 e. The van der Waals surface area contributed by atoms with Crippen LogP contribution in [0.2, 0.25) is 0 Å². The third kappa shape index (κ3) is 2.80. The highest BCUT2D eigenvalue weighted by atomic mass is 19.1. The maximum Gasteiger partial charge on any atom is 0.133 e. The highest BCUT2D eigenvalue weighted by Crippen LogP contribution is 2.25. The molecule has 0 aliphatic heterocycles. The molecular formula is C13H16F2N4. The van der Waals surface area contributed by atoms with Crippen LogP contribution in [-0.2, 0) is 13.5 Å². The molecule has 19 heavy (non-hydrogen) atoms. The van der Waals surface area contributed by atoms with Gasteiger partial charge in [-0.1, -0.05) is 6.07 Å². The number of aryl methyl sites for hydroxylation is 2. The molecule has 0 saturated carbocycles. The molecule has 3 N–H and O–H groups in total. The first-order chi connectivity index (χ1) is 9.02. The summed E-state index contributed by atoms with van der Waals surface area (Å²) in [6.45, 7) is 1.59. The molecule has 0 radical (unpaired) electrons. The van der Waals surface area contributed by atoms with Crippen LogP contribution in [0.4, 0.5) is 8.78 Å². The summed E-state index contributed by atoms with van der Waals surface area (Å²) in [6, 6.07) is 2.02. The quantitative estimate of drug-likeness (QED) is 0.655. The number of nitrogens with one attached hydrogen (secondary N) is 1. The Bertz CT molecular complexity index is 580. The Morgan fingerprint density at radius 1 is 1.42 bits per heavy atom. The number of hydrogen-bond donors (Lipinski definition) is 2. The second-order valence-corrected chi connectivity index (χ2v) is 4.54. The average molecular weight is 266 g/mol. The highest BCUT2D eigenvalue weighted by Gasteiger charge is 2.21. The molecule has 2 aromatic rings. The minimum Gasteiger partial charge on any atom is -0.276 e. The number of halogens is 2. The lowest BCUT2D eigenvalue weighted by Crippen LogP contribution is -2.31. The standard InChI is InChI=1S/C13H16F2N4/c1-8-3-4-10(14)12(13(8)15)11(18-16)5-9-6-17-19(2)7-9/h3-4,6-7,11,18H,5,16H2,1-2H3. The van der Waals surface area contributed by atoms with Gasteiger partial charge in [0.2, 0.25) is 0 Å². The van der Waals surface area contributed by atoms with Crippen LogP contribution in [-0.4, -0.2) is 9.78 Å². The van der Waals surface area contributed by atoms with Crippen molar-refractivity contribution in [2.45, 2.75) is 19.4 Å². The molecule has 0 saturated heterocycles. The van der Waals surface area contributed by atoms with Gasteiger partial charge >= 0.3 is 0 Å². The second-order valence-electron chi connectivity index (χ2n) is 4.54. The highest BCUT2D eigenvalue weighted by molar-refractivity contribution is 5.30. The molecule has 1 atom stereocenters. The maximum absolute atomic E-state index is 14.1. The Hall–Kier alpha value is -1.79. The van der Waals surface area contributed by atoms with Gasteiger partial charge in [-0.05, 0) is 30.5 Å². The molecule has 4 nitrogen and oxygen atoms in total. The van der Waals surface area contributed by atoms with Crippen molar-refractivity contribution in [3.05, 3.63) is 52.9 Å². The average Bonchev–Trinajstić information content (AvgIpc) is 2.78. The first kappa shape index (κ1) is 13.6. The van der Waals surface area contributed by atoms with Crippen molar-refractivity contribution in [2.24, 2.45) is 12.9 Å². The Morgan fingerprint density at radius 3 is 2.74 bits per heavy atom. The van der Waals surface area contributed by atoms with Gasteiger partial charge in [0.05, 0.1) is 12.2 Å². The van der Waals surface area contributed by atoms with Crippen molar-refractivity contribution < 1.29 is 8.78 Å². The van der Waals surface area contributed by atoms with E-state index in [2.05, 4.69) is 10.5 Å². The van der Waals surface area contributed by atoms with Crippen molar-refractivity contribution >= 4 is 0 Å². The fraction of sp³-hybridized carbons (Fsp3) is 0.308. The van der Waals surface area contributed by atoms with Gasteiger partial charge in [-0.25, -0.2) is 8.78 Å². The lowest BCUT2D eigenvalue weighted by Gasteiger charge is -2.18. The predicted molar refractivity (Wildman–Crippen MR) is 68.1 cm³/mol. The summed E-state index contributed by atoms with van der Waals surface area (Å²) in [5.41, 5.74) is 3.68. The summed E-state index contributed by atoms with van der Waals surface area (Å²) in [5, 5.41) is 4.02. The fourth-order valence-electron chi connectivity index (χ4n) is 2.06. The molecular weight excluding hydrogens is 250 g/mol. The number of rotatable bonds is 4. The van der Waals surface area contributed by atoms with E-state index in [9.17, 15) is 8.78 Å². The van der Waals surface area contributed by atoms with E-state index < -0.39 is 17.7 Å². The molecule has 2 rings (SSSR count). The minimum absolute atomic E-state index is 0.0358. The number of hydrogen-bond acceptors (Lipinski definition) is 3. The molecule has 0 aliphatic rings. The molecule has 1 aromatic heterocycles. The van der Waals surface area contributed by atoms with Gasteiger partial charge in [-0.2, -0.15) is 5.10 Å². The smallest absolute Gasteiger partial charge is 0.133 e. The fourth-order valence-corrected chi connectivity index (χ4v) is 2.06. The van der Waals surface area contributed by atoms with E-state index in [0.29, 0.717) is 12.0 Å². The maximum atomic E-state index is 14.1. The summed E-state index contributed by atoms with van der Waals surface area (Å²) in [4.78, 5) is 0. The van der Waals surface area contributed by atoms with Crippen molar-refractivity contribution in [2.75, 3.05) is 0 Å². The Kier molecular flexibility index (Phi) is 3.92. The van der Waals surface area contributed by atoms with E-state index in [4.69, 9.17) is 5.84 Å². The van der Waals surface area contributed by atoms with Crippen LogP contribution in [0.1, 0.15) is 22.7 Å². The zero-order chi connectivity index (χ0) is 14.0. The molecule has 1 aromatic carbocycles. The molecule has 0 fully saturated rings. The summed E-state index contributed by atoms with van der Waals surface area (Å²) < 4.78 is 29.5. The van der Waals surface area contributed by atoms with Crippen LogP contribution < -0.4 is 11.3 Å². The second kappa shape index (κ2) is 5.46. The zero-order valence-electron chi connectivity index (χ0n) is 10.8. The molecule has 1 heterocycles. The first-order valence-corrected chi connectivity index (χ1v) is 5.91. The summed E-state index contributed by atoms with van der Waals surface area (Å²) in [5.74, 6) is 4.27. The molecule has 102 valence electrons. The Labute approximate surface area is 110 Å². The molecule has 6 heteroatoms. The van der Waals surface area contributed by atoms with Crippen molar-refractivity contribution in [3.8, 4) is 0 Å². The van der Waals surface area contributed by atoms with Crippen LogP contribution in [0.25, 0.3) is 0 Å². The lowest BCUT2D eigenvalue weighted by atomic mass is 9.98. The number of benzene rings is 1. The summed E-state index contributed by atoms with van der Waals surface area (Å²) in [6.07, 6.45) is 3.80. The summed E-state index contributed by atoms with van der Waals surface area (Å²) >= 11 is 0. The van der Waals surface area contributed by atoms with Gasteiger partial charge in [-0.3, -0.25) is 16.0 Å². The Balaban J connectivity index is 2.34. The zero-order valence-corrected chi connectivity index (χ0v) is 10.8. The van der Waals surface area contributed by atoms with Crippen LogP contribution in [0.15, 0.2) is 24.5 Å². The lowest BCUT2D eigenvalue weighted by molar-refractivity contribution is 0.470. The number of nitrogens with zero attached hydrogens (tertiary/aromatic N) is 2. The van der Waals surface area contributed by atoms with E-state index in [0.717, 1.165) is 5.56 Å². The monoisotopic (exact) mass is 266 g/mol. The van der Waals surface area contributed by atoms with Gasteiger partial charge in [0.25, 0.3) is 0 Å². The molecule has 1 unspecified atom stereocenters. The van der Waals surface area contributed by atoms with Crippen LogP contribution in [0, 0.1) is 18.6 Å². The molecule has 0 bridgehead atoms. The normalized spacial score (nSPS) is 12.7. The number of hydrazine groups is 1. The van der Waals surface area contributed by atoms with Crippen molar-refractivity contribution in [1.29, 1.82) is 0 Å². The van der Waals surface area contributed by atoms with E-state index in [-0.39, 0.29) is 5.56 Å². The topological polar surface area (TPSA) is 55.9 Å². The summed E-state index contributed by atoms with van der Waals surface area (Å²) in [7, 11) is 1.78. The van der Waals surface area contributed by atoms with Crippen molar-refractivity contribution in [3.63, 3.8) is 0 Å². The molecule has 0 spiro atoms. The van der Waals surface area contributed by atoms with Crippen molar-refractivity contribution in [1.82, 2.24) is 15.2 Å². The Morgan fingerprint density at radius 2 is 2.16 bits per heavy atom. The molecule has 0 amide bonds. The van der Waals surface area contributed by atoms with E-state index in [1.807, 2.05) is 0 Å². The number of aromatic nitrogens is 2. The third-order valence-electron chi connectivity index (χ3n) is 3.07.